The van der Waals surface area contributed by atoms with Crippen LogP contribution in [0.1, 0.15) is 40.3 Å². The van der Waals surface area contributed by atoms with Crippen LogP contribution in [0.15, 0.2) is 79.0 Å². The van der Waals surface area contributed by atoms with Crippen LogP contribution in [0.5, 0.6) is 0 Å². The molecule has 1 saturated heterocycles. The van der Waals surface area contributed by atoms with Crippen LogP contribution in [-0.2, 0) is 10.0 Å². The molecule has 0 aliphatic carbocycles. The summed E-state index contributed by atoms with van der Waals surface area (Å²) in [5, 5.41) is 4.09. The molecule has 2 N–H and O–H groups in total. The lowest BCUT2D eigenvalue weighted by Crippen LogP contribution is -2.29. The maximum atomic E-state index is 11.7. The normalized spacial score (nSPS) is 17.6. The molecule has 190 valence electrons. The molecule has 1 aliphatic rings. The fourth-order valence-electron chi connectivity index (χ4n) is 5.10. The van der Waals surface area contributed by atoms with Gasteiger partial charge in [0.2, 0.25) is 10.0 Å². The van der Waals surface area contributed by atoms with Crippen LogP contribution in [0.3, 0.4) is 0 Å². The Hall–Kier alpha value is -3.69. The number of nitrogens with zero attached hydrogens (tertiary/aromatic N) is 3. The third-order valence-electron chi connectivity index (χ3n) is 6.60. The molecule has 2 atom stereocenters. The maximum absolute atomic E-state index is 11.7. The third-order valence-corrected chi connectivity index (χ3v) is 7.52. The van der Waals surface area contributed by atoms with E-state index in [9.17, 15) is 8.42 Å². The van der Waals surface area contributed by atoms with E-state index in [1.807, 2.05) is 30.3 Å². The summed E-state index contributed by atoms with van der Waals surface area (Å²) in [5.41, 5.74) is 7.97. The molecule has 0 spiro atoms. The highest BCUT2D eigenvalue weighted by Gasteiger charge is 2.42. The van der Waals surface area contributed by atoms with Gasteiger partial charge in [-0.25, -0.2) is 8.42 Å². The summed E-state index contributed by atoms with van der Waals surface area (Å²) in [6.07, 6.45) is 2.93. The predicted molar refractivity (Wildman–Crippen MR) is 153 cm³/mol. The number of aromatic nitrogens is 2. The highest BCUT2D eigenvalue weighted by molar-refractivity contribution is 7.92. The first kappa shape index (κ1) is 25.0. The van der Waals surface area contributed by atoms with E-state index in [0.29, 0.717) is 10.8 Å². The Kier molecular flexibility index (Phi) is 6.51. The fourth-order valence-corrected chi connectivity index (χ4v) is 6.01. The van der Waals surface area contributed by atoms with Gasteiger partial charge in [-0.15, -0.1) is 0 Å². The molecule has 4 aromatic rings. The summed E-state index contributed by atoms with van der Waals surface area (Å²) in [5.74, 6) is 0. The standard InChI is InChI=1S/C28H29N5O2S2/c1-18-8-7-9-23(16-18)32-19(2)17-24(20(32)3)27-26(25-10-5-6-15-29-25)30-28(36)33(27)22-13-11-21(12-14-22)31-37(4,34)35/h5-17,26-27,31H,1-4H3,(H,30,36)/t26-,27+/m1/s1. The van der Waals surface area contributed by atoms with Crippen LogP contribution < -0.4 is 14.9 Å². The number of sulfonamides is 1. The topological polar surface area (TPSA) is 79.3 Å². The van der Waals surface area contributed by atoms with Crippen LogP contribution >= 0.6 is 12.2 Å². The Labute approximate surface area is 223 Å². The highest BCUT2D eigenvalue weighted by Crippen LogP contribution is 2.44. The van der Waals surface area contributed by atoms with E-state index >= 15 is 0 Å². The van der Waals surface area contributed by atoms with E-state index in [1.165, 1.54) is 5.56 Å². The molecule has 7 nitrogen and oxygen atoms in total. The average Bonchev–Trinajstić information content (AvgIpc) is 3.34. The highest BCUT2D eigenvalue weighted by atomic mass is 32.2. The predicted octanol–water partition coefficient (Wildman–Crippen LogP) is 5.35. The molecule has 1 fully saturated rings. The van der Waals surface area contributed by atoms with Gasteiger partial charge in [-0.3, -0.25) is 9.71 Å². The number of hydrogen-bond donors (Lipinski definition) is 2. The van der Waals surface area contributed by atoms with Crippen LogP contribution in [0.2, 0.25) is 0 Å². The van der Waals surface area contributed by atoms with Crippen molar-refractivity contribution in [1.29, 1.82) is 0 Å². The Morgan fingerprint density at radius 2 is 1.70 bits per heavy atom. The summed E-state index contributed by atoms with van der Waals surface area (Å²) < 4.78 is 28.2. The van der Waals surface area contributed by atoms with Crippen molar-refractivity contribution in [2.45, 2.75) is 32.9 Å². The summed E-state index contributed by atoms with van der Waals surface area (Å²) in [7, 11) is -3.37. The van der Waals surface area contributed by atoms with Gasteiger partial charge in [0.15, 0.2) is 5.11 Å². The second-order valence-corrected chi connectivity index (χ2v) is 11.6. The van der Waals surface area contributed by atoms with E-state index in [1.54, 1.807) is 18.3 Å². The van der Waals surface area contributed by atoms with Crippen LogP contribution in [0.25, 0.3) is 5.69 Å². The quantitative estimate of drug-likeness (QED) is 0.327. The lowest BCUT2D eigenvalue weighted by Gasteiger charge is -2.28. The molecule has 2 aromatic heterocycles. The lowest BCUT2D eigenvalue weighted by atomic mass is 9.96. The number of pyridine rings is 1. The zero-order valence-corrected chi connectivity index (χ0v) is 22.8. The lowest BCUT2D eigenvalue weighted by molar-refractivity contribution is 0.565. The number of aryl methyl sites for hydroxylation is 2. The minimum absolute atomic E-state index is 0.166. The second kappa shape index (κ2) is 9.64. The molecule has 0 amide bonds. The molecule has 0 unspecified atom stereocenters. The molecule has 37 heavy (non-hydrogen) atoms. The minimum Gasteiger partial charge on any atom is -0.351 e. The van der Waals surface area contributed by atoms with E-state index in [2.05, 4.69) is 75.6 Å². The van der Waals surface area contributed by atoms with Crippen LogP contribution in [-0.4, -0.2) is 29.3 Å². The van der Waals surface area contributed by atoms with Gasteiger partial charge in [-0.1, -0.05) is 18.2 Å². The molecular formula is C28H29N5O2S2. The monoisotopic (exact) mass is 531 g/mol. The molecule has 3 heterocycles. The van der Waals surface area contributed by atoms with E-state index in [0.717, 1.165) is 40.3 Å². The Morgan fingerprint density at radius 1 is 0.946 bits per heavy atom. The molecule has 0 saturated carbocycles. The summed E-state index contributed by atoms with van der Waals surface area (Å²) in [6.45, 7) is 6.35. The van der Waals surface area contributed by atoms with Crippen molar-refractivity contribution in [2.75, 3.05) is 15.9 Å². The van der Waals surface area contributed by atoms with E-state index < -0.39 is 10.0 Å². The van der Waals surface area contributed by atoms with Crippen molar-refractivity contribution in [3.05, 3.63) is 107 Å². The first-order valence-electron chi connectivity index (χ1n) is 12.0. The minimum atomic E-state index is -3.37. The van der Waals surface area contributed by atoms with E-state index in [4.69, 9.17) is 12.2 Å². The third kappa shape index (κ3) is 4.97. The van der Waals surface area contributed by atoms with E-state index in [-0.39, 0.29) is 12.1 Å². The van der Waals surface area contributed by atoms with Crippen molar-refractivity contribution in [2.24, 2.45) is 0 Å². The van der Waals surface area contributed by atoms with Gasteiger partial charge in [0.05, 0.1) is 24.0 Å². The second-order valence-electron chi connectivity index (χ2n) is 9.42. The van der Waals surface area contributed by atoms with Crippen LogP contribution in [0, 0.1) is 20.8 Å². The first-order chi connectivity index (χ1) is 17.6. The molecule has 2 aromatic carbocycles. The first-order valence-corrected chi connectivity index (χ1v) is 14.3. The molecule has 0 bridgehead atoms. The SMILES string of the molecule is Cc1cccc(-n2c(C)cc([C@H]3[C@@H](c4ccccn4)NC(=S)N3c3ccc(NS(C)(=O)=O)cc3)c2C)c1. The van der Waals surface area contributed by atoms with Crippen molar-refractivity contribution in [1.82, 2.24) is 14.9 Å². The van der Waals surface area contributed by atoms with Crippen molar-refractivity contribution < 1.29 is 8.42 Å². The van der Waals surface area contributed by atoms with Gasteiger partial charge in [0.25, 0.3) is 0 Å². The van der Waals surface area contributed by atoms with Crippen LogP contribution in [0.4, 0.5) is 11.4 Å². The maximum Gasteiger partial charge on any atom is 0.229 e. The zero-order chi connectivity index (χ0) is 26.3. The van der Waals surface area contributed by atoms with Gasteiger partial charge >= 0.3 is 0 Å². The Bertz CT molecular complexity index is 1560. The van der Waals surface area contributed by atoms with Gasteiger partial charge in [-0.2, -0.15) is 0 Å². The number of hydrogen-bond acceptors (Lipinski definition) is 4. The molecule has 1 aliphatic heterocycles. The fraction of sp³-hybridized carbons (Fsp3) is 0.214. The van der Waals surface area contributed by atoms with Crippen molar-refractivity contribution in [3.8, 4) is 5.69 Å². The smallest absolute Gasteiger partial charge is 0.229 e. The molecular weight excluding hydrogens is 502 g/mol. The molecule has 0 radical (unpaired) electrons. The number of rotatable bonds is 6. The number of anilines is 2. The van der Waals surface area contributed by atoms with Gasteiger partial charge in [0.1, 0.15) is 0 Å². The zero-order valence-electron chi connectivity index (χ0n) is 21.1. The van der Waals surface area contributed by atoms with Gasteiger partial charge in [0, 0.05) is 34.6 Å². The van der Waals surface area contributed by atoms with Crippen molar-refractivity contribution in [3.63, 3.8) is 0 Å². The summed E-state index contributed by atoms with van der Waals surface area (Å²) in [4.78, 5) is 6.75. The van der Waals surface area contributed by atoms with Gasteiger partial charge < -0.3 is 14.8 Å². The molecule has 5 rings (SSSR count). The Balaban J connectivity index is 1.63. The van der Waals surface area contributed by atoms with Gasteiger partial charge in [-0.05, 0) is 98.7 Å². The summed E-state index contributed by atoms with van der Waals surface area (Å²) in [6, 6.07) is 23.5. The number of benzene rings is 2. The summed E-state index contributed by atoms with van der Waals surface area (Å²) >= 11 is 5.86. The number of thiocarbonyl (C=S) groups is 1. The Morgan fingerprint density at radius 3 is 2.35 bits per heavy atom. The average molecular weight is 532 g/mol. The number of nitrogens with one attached hydrogen (secondary N) is 2. The molecule has 9 heteroatoms. The largest absolute Gasteiger partial charge is 0.351 e. The van der Waals surface area contributed by atoms with Crippen molar-refractivity contribution >= 4 is 38.7 Å².